The van der Waals surface area contributed by atoms with Crippen molar-refractivity contribution in [3.63, 3.8) is 0 Å². The molecule has 1 rings (SSSR count). The Labute approximate surface area is 48.7 Å². The fourth-order valence-electron chi connectivity index (χ4n) is 0.757. The molecular weight excluding hydrogens is 104 g/mol. The van der Waals surface area contributed by atoms with Gasteiger partial charge in [0.1, 0.15) is 6.54 Å². The van der Waals surface area contributed by atoms with Crippen LogP contribution in [0.1, 0.15) is 0 Å². The summed E-state index contributed by atoms with van der Waals surface area (Å²) in [5, 5.41) is 2.71. The number of carbonyl (C=O) groups is 1. The Bertz CT molecular complexity index is 103. The lowest BCUT2D eigenvalue weighted by Crippen LogP contribution is -3.10. The van der Waals surface area contributed by atoms with Gasteiger partial charge in [-0.3, -0.25) is 4.79 Å². The summed E-state index contributed by atoms with van der Waals surface area (Å²) in [6.45, 7) is 2.25. The van der Waals surface area contributed by atoms with Crippen LogP contribution in [0.2, 0.25) is 0 Å². The second kappa shape index (κ2) is 2.13. The highest BCUT2D eigenvalue weighted by molar-refractivity contribution is 5.77. The predicted molar refractivity (Wildman–Crippen MR) is 29.1 cm³/mol. The predicted octanol–water partition coefficient (Wildman–Crippen LogP) is -2.21. The number of amides is 1. The normalized spacial score (nSPS) is 29.6. The Morgan fingerprint density at radius 1 is 1.75 bits per heavy atom. The molecule has 3 nitrogen and oxygen atoms in total. The molecule has 1 unspecified atom stereocenters. The molecule has 8 heavy (non-hydrogen) atoms. The molecule has 1 aliphatic rings. The highest BCUT2D eigenvalue weighted by Crippen LogP contribution is 1.63. The van der Waals surface area contributed by atoms with E-state index in [2.05, 4.69) is 12.4 Å². The number of rotatable bonds is 0. The van der Waals surface area contributed by atoms with Crippen LogP contribution < -0.4 is 10.2 Å². The molecule has 3 heteroatoms. The van der Waals surface area contributed by atoms with Gasteiger partial charge in [0.15, 0.2) is 0 Å². The van der Waals surface area contributed by atoms with E-state index in [0.29, 0.717) is 6.54 Å². The molecular formula is C5H10N2O. The molecule has 1 atom stereocenters. The van der Waals surface area contributed by atoms with E-state index >= 15 is 0 Å². The third-order valence-corrected chi connectivity index (χ3v) is 1.21. The average molecular weight is 114 g/mol. The van der Waals surface area contributed by atoms with E-state index < -0.39 is 0 Å². The second-order valence-electron chi connectivity index (χ2n) is 2.03. The van der Waals surface area contributed by atoms with Crippen molar-refractivity contribution in [3.05, 3.63) is 7.05 Å². The molecule has 0 aromatic heterocycles. The SMILES string of the molecule is [CH2-][NH+]1CCNC(=O)C1. The first-order chi connectivity index (χ1) is 3.79. The van der Waals surface area contributed by atoms with Crippen molar-refractivity contribution in [1.29, 1.82) is 0 Å². The highest BCUT2D eigenvalue weighted by atomic mass is 16.2. The lowest BCUT2D eigenvalue weighted by atomic mass is 10.4. The zero-order valence-electron chi connectivity index (χ0n) is 4.74. The van der Waals surface area contributed by atoms with Gasteiger partial charge in [0.05, 0.1) is 13.1 Å². The molecule has 1 saturated heterocycles. The van der Waals surface area contributed by atoms with Crippen LogP contribution in [0.3, 0.4) is 0 Å². The van der Waals surface area contributed by atoms with Crippen molar-refractivity contribution in [1.82, 2.24) is 5.32 Å². The van der Waals surface area contributed by atoms with E-state index in [9.17, 15) is 4.79 Å². The molecule has 0 aromatic rings. The Kier molecular flexibility index (Phi) is 1.48. The maximum atomic E-state index is 10.5. The molecule has 1 fully saturated rings. The molecule has 0 aliphatic carbocycles. The van der Waals surface area contributed by atoms with Crippen LogP contribution in [0.4, 0.5) is 0 Å². The third kappa shape index (κ3) is 1.20. The van der Waals surface area contributed by atoms with Gasteiger partial charge in [0, 0.05) is 0 Å². The van der Waals surface area contributed by atoms with Crippen LogP contribution >= 0.6 is 0 Å². The smallest absolute Gasteiger partial charge is 0.273 e. The van der Waals surface area contributed by atoms with Crippen LogP contribution in [-0.2, 0) is 4.79 Å². The zero-order chi connectivity index (χ0) is 5.98. The minimum Gasteiger partial charge on any atom is -0.459 e. The molecule has 2 N–H and O–H groups in total. The fraction of sp³-hybridized carbons (Fsp3) is 0.600. The van der Waals surface area contributed by atoms with Crippen molar-refractivity contribution in [3.8, 4) is 0 Å². The summed E-state index contributed by atoms with van der Waals surface area (Å²) in [4.78, 5) is 11.6. The number of nitrogens with one attached hydrogen (secondary N) is 2. The number of quaternary nitrogens is 1. The third-order valence-electron chi connectivity index (χ3n) is 1.21. The van der Waals surface area contributed by atoms with Crippen molar-refractivity contribution in [2.45, 2.75) is 0 Å². The minimum atomic E-state index is 0.112. The van der Waals surface area contributed by atoms with Gasteiger partial charge in [-0.25, -0.2) is 0 Å². The standard InChI is InChI=1S/C5H10N2O/c1-7-3-2-6-5(8)4-7/h7H,1-4H2,(H,6,8). The summed E-state index contributed by atoms with van der Waals surface area (Å²) < 4.78 is 0. The zero-order valence-corrected chi connectivity index (χ0v) is 4.74. The van der Waals surface area contributed by atoms with Crippen molar-refractivity contribution < 1.29 is 9.69 Å². The first kappa shape index (κ1) is 5.56. The highest BCUT2D eigenvalue weighted by Gasteiger charge is 2.10. The van der Waals surface area contributed by atoms with Crippen LogP contribution in [0.5, 0.6) is 0 Å². The van der Waals surface area contributed by atoms with E-state index in [-0.39, 0.29) is 5.91 Å². The van der Waals surface area contributed by atoms with Crippen molar-refractivity contribution in [2.75, 3.05) is 19.6 Å². The van der Waals surface area contributed by atoms with E-state index in [0.717, 1.165) is 18.0 Å². The molecule has 0 bridgehead atoms. The number of piperazine rings is 1. The molecule has 1 aliphatic heterocycles. The van der Waals surface area contributed by atoms with Crippen LogP contribution in [0.25, 0.3) is 0 Å². The van der Waals surface area contributed by atoms with Gasteiger partial charge in [-0.05, 0) is 0 Å². The molecule has 0 saturated carbocycles. The summed E-state index contributed by atoms with van der Waals surface area (Å²) in [6.07, 6.45) is 0. The largest absolute Gasteiger partial charge is 0.459 e. The maximum absolute atomic E-state index is 10.5. The second-order valence-corrected chi connectivity index (χ2v) is 2.03. The van der Waals surface area contributed by atoms with Crippen LogP contribution in [0.15, 0.2) is 0 Å². The van der Waals surface area contributed by atoms with E-state index in [1.54, 1.807) is 0 Å². The van der Waals surface area contributed by atoms with Gasteiger partial charge >= 0.3 is 0 Å². The van der Waals surface area contributed by atoms with E-state index in [4.69, 9.17) is 0 Å². The van der Waals surface area contributed by atoms with Crippen molar-refractivity contribution in [2.24, 2.45) is 0 Å². The lowest BCUT2D eigenvalue weighted by Gasteiger charge is -2.24. The van der Waals surface area contributed by atoms with Crippen molar-refractivity contribution >= 4 is 5.91 Å². The molecule has 1 amide bonds. The quantitative estimate of drug-likeness (QED) is 0.344. The van der Waals surface area contributed by atoms with Gasteiger partial charge in [0.2, 0.25) is 0 Å². The summed E-state index contributed by atoms with van der Waals surface area (Å²) in [5.41, 5.74) is 0. The maximum Gasteiger partial charge on any atom is 0.273 e. The first-order valence-electron chi connectivity index (χ1n) is 2.72. The number of hydrogen-bond acceptors (Lipinski definition) is 1. The average Bonchev–Trinajstić information content (AvgIpc) is 1.64. The Morgan fingerprint density at radius 2 is 2.50 bits per heavy atom. The van der Waals surface area contributed by atoms with E-state index in [1.807, 2.05) is 0 Å². The molecule has 46 valence electrons. The number of carbonyl (C=O) groups excluding carboxylic acids is 1. The lowest BCUT2D eigenvalue weighted by molar-refractivity contribution is -0.846. The van der Waals surface area contributed by atoms with Gasteiger partial charge in [0.25, 0.3) is 5.91 Å². The fourth-order valence-corrected chi connectivity index (χ4v) is 0.757. The van der Waals surface area contributed by atoms with Gasteiger partial charge in [-0.2, -0.15) is 7.05 Å². The molecule has 0 aromatic carbocycles. The molecule has 0 radical (unpaired) electrons. The molecule has 1 heterocycles. The van der Waals surface area contributed by atoms with Gasteiger partial charge in [-0.15, -0.1) is 0 Å². The molecule has 0 spiro atoms. The minimum absolute atomic E-state index is 0.112. The number of hydrogen-bond donors (Lipinski definition) is 2. The van der Waals surface area contributed by atoms with Crippen LogP contribution in [-0.4, -0.2) is 25.5 Å². The summed E-state index contributed by atoms with van der Waals surface area (Å²) in [7, 11) is 3.70. The first-order valence-corrected chi connectivity index (χ1v) is 2.72. The van der Waals surface area contributed by atoms with Crippen LogP contribution in [0, 0.1) is 7.05 Å². The topological polar surface area (TPSA) is 33.5 Å². The summed E-state index contributed by atoms with van der Waals surface area (Å²) >= 11 is 0. The summed E-state index contributed by atoms with van der Waals surface area (Å²) in [5.74, 6) is 0.112. The monoisotopic (exact) mass is 114 g/mol. The van der Waals surface area contributed by atoms with Gasteiger partial charge < -0.3 is 10.2 Å². The Balaban J connectivity index is 2.34. The Hall–Kier alpha value is -0.570. The van der Waals surface area contributed by atoms with E-state index in [1.165, 1.54) is 0 Å². The van der Waals surface area contributed by atoms with Gasteiger partial charge in [-0.1, -0.05) is 0 Å². The summed E-state index contributed by atoms with van der Waals surface area (Å²) in [6, 6.07) is 0. The Morgan fingerprint density at radius 3 is 2.88 bits per heavy atom.